The summed E-state index contributed by atoms with van der Waals surface area (Å²) in [4.78, 5) is 12.2. The summed E-state index contributed by atoms with van der Waals surface area (Å²) < 4.78 is 36.4. The van der Waals surface area contributed by atoms with Crippen molar-refractivity contribution in [3.05, 3.63) is 12.7 Å². The topological polar surface area (TPSA) is 144 Å². The minimum atomic E-state index is -3.80. The maximum atomic E-state index is 12.7. The lowest BCUT2D eigenvalue weighted by Crippen LogP contribution is -2.44. The number of phosphoric ester groups is 1. The molecular formula is C14H20N5O6P. The molecule has 0 saturated carbocycles. The second kappa shape index (κ2) is 6.22. The Bertz CT molecular complexity index is 875. The molecule has 0 spiro atoms. The van der Waals surface area contributed by atoms with E-state index in [0.717, 1.165) is 0 Å². The number of phosphoric acid groups is 1. The zero-order valence-corrected chi connectivity index (χ0v) is 15.3. The highest BCUT2D eigenvalue weighted by molar-refractivity contribution is 7.48. The van der Waals surface area contributed by atoms with Crippen LogP contribution in [0.3, 0.4) is 0 Å². The molecule has 12 heteroatoms. The molecule has 3 N–H and O–H groups in total. The van der Waals surface area contributed by atoms with E-state index in [1.807, 2.05) is 0 Å². The van der Waals surface area contributed by atoms with Gasteiger partial charge in [0.05, 0.1) is 18.5 Å². The Hall–Kier alpha value is -1.62. The van der Waals surface area contributed by atoms with Gasteiger partial charge < -0.3 is 15.6 Å². The molecule has 0 amide bonds. The van der Waals surface area contributed by atoms with Crippen molar-refractivity contribution in [2.24, 2.45) is 0 Å². The lowest BCUT2D eigenvalue weighted by atomic mass is 10.1. The third-order valence-corrected chi connectivity index (χ3v) is 6.03. The number of aliphatic hydroxyl groups excluding tert-OH is 1. The Labute approximate surface area is 149 Å². The first kappa shape index (κ1) is 17.8. The van der Waals surface area contributed by atoms with Gasteiger partial charge in [-0.3, -0.25) is 18.1 Å². The van der Waals surface area contributed by atoms with Crippen molar-refractivity contribution in [3.63, 3.8) is 0 Å². The maximum absolute atomic E-state index is 12.7. The van der Waals surface area contributed by atoms with E-state index in [2.05, 4.69) is 15.0 Å². The van der Waals surface area contributed by atoms with E-state index in [9.17, 15) is 9.67 Å². The smallest absolute Gasteiger partial charge is 0.386 e. The van der Waals surface area contributed by atoms with Crippen LogP contribution in [-0.2, 0) is 22.9 Å². The number of imidazole rings is 1. The first-order valence-electron chi connectivity index (χ1n) is 8.21. The maximum Gasteiger partial charge on any atom is 0.475 e. The van der Waals surface area contributed by atoms with Crippen molar-refractivity contribution in [1.29, 1.82) is 0 Å². The number of hydrogen-bond acceptors (Lipinski definition) is 10. The van der Waals surface area contributed by atoms with Crippen LogP contribution in [0.1, 0.15) is 27.0 Å². The van der Waals surface area contributed by atoms with Gasteiger partial charge in [0.15, 0.2) is 17.7 Å². The Morgan fingerprint density at radius 1 is 1.31 bits per heavy atom. The fourth-order valence-corrected chi connectivity index (χ4v) is 4.94. The Kier molecular flexibility index (Phi) is 4.25. The minimum Gasteiger partial charge on any atom is -0.386 e. The number of ether oxygens (including phenoxy) is 1. The van der Waals surface area contributed by atoms with E-state index >= 15 is 0 Å². The van der Waals surface area contributed by atoms with Crippen molar-refractivity contribution in [2.45, 2.75) is 57.5 Å². The molecule has 0 aliphatic carbocycles. The van der Waals surface area contributed by atoms with Crippen molar-refractivity contribution in [1.82, 2.24) is 19.5 Å². The van der Waals surface area contributed by atoms with Gasteiger partial charge in [0.1, 0.15) is 30.2 Å². The largest absolute Gasteiger partial charge is 0.475 e. The second-order valence-corrected chi connectivity index (χ2v) is 8.07. The van der Waals surface area contributed by atoms with Crippen molar-refractivity contribution in [3.8, 4) is 0 Å². The van der Waals surface area contributed by atoms with Crippen LogP contribution in [0.4, 0.5) is 5.82 Å². The van der Waals surface area contributed by atoms with Gasteiger partial charge >= 0.3 is 7.82 Å². The van der Waals surface area contributed by atoms with Crippen molar-refractivity contribution in [2.75, 3.05) is 5.73 Å². The quantitative estimate of drug-likeness (QED) is 0.734. The van der Waals surface area contributed by atoms with E-state index in [1.165, 1.54) is 12.7 Å². The fourth-order valence-electron chi connectivity index (χ4n) is 3.21. The van der Waals surface area contributed by atoms with E-state index in [4.69, 9.17) is 24.0 Å². The normalized spacial score (nSPS) is 37.3. The minimum absolute atomic E-state index is 0.224. The highest BCUT2D eigenvalue weighted by Crippen LogP contribution is 2.59. The van der Waals surface area contributed by atoms with Crippen molar-refractivity contribution >= 4 is 24.8 Å². The summed E-state index contributed by atoms with van der Waals surface area (Å²) in [6.07, 6.45) is -1.72. The van der Waals surface area contributed by atoms with Gasteiger partial charge in [-0.05, 0) is 20.8 Å². The molecule has 0 bridgehead atoms. The molecule has 2 unspecified atom stereocenters. The predicted molar refractivity (Wildman–Crippen MR) is 88.9 cm³/mol. The number of nitrogens with two attached hydrogens (primary N) is 1. The van der Waals surface area contributed by atoms with Crippen LogP contribution in [0, 0.1) is 0 Å². The molecule has 2 aliphatic rings. The molecule has 2 aromatic rings. The zero-order valence-electron chi connectivity index (χ0n) is 14.4. The fraction of sp³-hybridized carbons (Fsp3) is 0.643. The molecule has 2 saturated heterocycles. The molecule has 4 heterocycles. The molecule has 2 aromatic heterocycles. The van der Waals surface area contributed by atoms with Gasteiger partial charge in [-0.1, -0.05) is 0 Å². The first-order chi connectivity index (χ1) is 12.3. The third kappa shape index (κ3) is 2.81. The van der Waals surface area contributed by atoms with Crippen LogP contribution in [0.2, 0.25) is 0 Å². The third-order valence-electron chi connectivity index (χ3n) is 4.26. The lowest BCUT2D eigenvalue weighted by Gasteiger charge is -2.35. The number of aromatic nitrogens is 4. The van der Waals surface area contributed by atoms with Crippen molar-refractivity contribution < 1.29 is 28.0 Å². The molecule has 6 atom stereocenters. The van der Waals surface area contributed by atoms with Gasteiger partial charge in [0, 0.05) is 0 Å². The van der Waals surface area contributed by atoms with Gasteiger partial charge in [-0.15, -0.1) is 0 Å². The van der Waals surface area contributed by atoms with Crippen LogP contribution < -0.4 is 5.73 Å². The average molecular weight is 385 g/mol. The lowest BCUT2D eigenvalue weighted by molar-refractivity contribution is -0.106. The SMILES string of the molecule is CC(C)OP1(=O)O[C@@H](C)C2O[C@@H](n3cnc4c(N)ncnc43)[C@H](O)[C@@H]2O1. The number of nitrogens with zero attached hydrogens (tertiary/aromatic N) is 4. The zero-order chi connectivity index (χ0) is 18.6. The number of anilines is 1. The number of rotatable bonds is 3. The molecule has 0 radical (unpaired) electrons. The van der Waals surface area contributed by atoms with Crippen LogP contribution in [-0.4, -0.2) is 55.1 Å². The highest BCUT2D eigenvalue weighted by Gasteiger charge is 2.56. The molecule has 11 nitrogen and oxygen atoms in total. The summed E-state index contributed by atoms with van der Waals surface area (Å²) >= 11 is 0. The average Bonchev–Trinajstić information content (AvgIpc) is 3.09. The monoisotopic (exact) mass is 385 g/mol. The molecule has 26 heavy (non-hydrogen) atoms. The molecule has 0 aromatic carbocycles. The summed E-state index contributed by atoms with van der Waals surface area (Å²) in [5.74, 6) is 0.224. The van der Waals surface area contributed by atoms with Gasteiger partial charge in [0.25, 0.3) is 0 Å². The Morgan fingerprint density at radius 2 is 2.08 bits per heavy atom. The summed E-state index contributed by atoms with van der Waals surface area (Å²) in [6.45, 7) is 5.13. The van der Waals surface area contributed by atoms with E-state index in [1.54, 1.807) is 25.3 Å². The molecule has 142 valence electrons. The second-order valence-electron chi connectivity index (χ2n) is 6.55. The predicted octanol–water partition coefficient (Wildman–Crippen LogP) is 1.00. The van der Waals surface area contributed by atoms with Crippen LogP contribution >= 0.6 is 7.82 Å². The van der Waals surface area contributed by atoms with Gasteiger partial charge in [-0.25, -0.2) is 19.5 Å². The molecule has 2 fully saturated rings. The summed E-state index contributed by atoms with van der Waals surface area (Å²) in [6, 6.07) is 0. The van der Waals surface area contributed by atoms with Crippen LogP contribution in [0.5, 0.6) is 0 Å². The highest BCUT2D eigenvalue weighted by atomic mass is 31.2. The summed E-state index contributed by atoms with van der Waals surface area (Å²) in [7, 11) is -3.80. The number of hydrogen-bond donors (Lipinski definition) is 2. The first-order valence-corrected chi connectivity index (χ1v) is 9.67. The molecule has 4 rings (SSSR count). The Balaban J connectivity index is 1.66. The Morgan fingerprint density at radius 3 is 2.81 bits per heavy atom. The molecule has 2 aliphatic heterocycles. The van der Waals surface area contributed by atoms with E-state index in [0.29, 0.717) is 11.2 Å². The molecular weight excluding hydrogens is 365 g/mol. The van der Waals surface area contributed by atoms with Crippen LogP contribution in [0.25, 0.3) is 11.2 Å². The number of aliphatic hydroxyl groups is 1. The summed E-state index contributed by atoms with van der Waals surface area (Å²) in [5.41, 5.74) is 6.61. The van der Waals surface area contributed by atoms with Crippen LogP contribution in [0.15, 0.2) is 12.7 Å². The summed E-state index contributed by atoms with van der Waals surface area (Å²) in [5, 5.41) is 10.8. The number of fused-ring (bicyclic) bond motifs is 2. The standard InChI is InChI=1S/C14H20N5O6P/c1-6(2)23-26(21)24-7(3)10-11(25-26)9(20)14(22-10)19-5-18-8-12(15)16-4-17-13(8)19/h4-7,9-11,14,20H,1-3H3,(H2,15,16,17)/t7-,9+,10?,11-,14+,26?/m0/s1. The number of nitrogen functional groups attached to an aromatic ring is 1. The van der Waals surface area contributed by atoms with E-state index in [-0.39, 0.29) is 11.9 Å². The van der Waals surface area contributed by atoms with Gasteiger partial charge in [0.2, 0.25) is 0 Å². The van der Waals surface area contributed by atoms with Gasteiger partial charge in [-0.2, -0.15) is 0 Å². The van der Waals surface area contributed by atoms with E-state index < -0.39 is 38.5 Å².